The van der Waals surface area contributed by atoms with E-state index in [1.165, 1.54) is 0 Å². The SMILES string of the molecule is CCOC(=O)CCCNc1cc(Cl)ccc1C(N)=O. The van der Waals surface area contributed by atoms with Gasteiger partial charge in [0.1, 0.15) is 0 Å². The number of primary amides is 1. The van der Waals surface area contributed by atoms with Crippen LogP contribution in [0.4, 0.5) is 5.69 Å². The van der Waals surface area contributed by atoms with Gasteiger partial charge < -0.3 is 15.8 Å². The topological polar surface area (TPSA) is 81.4 Å². The number of amides is 1. The van der Waals surface area contributed by atoms with Crippen LogP contribution in [0.2, 0.25) is 5.02 Å². The zero-order chi connectivity index (χ0) is 14.3. The van der Waals surface area contributed by atoms with Crippen LogP contribution in [-0.4, -0.2) is 25.0 Å². The predicted molar refractivity (Wildman–Crippen MR) is 74.3 cm³/mol. The average Bonchev–Trinajstić information content (AvgIpc) is 2.34. The van der Waals surface area contributed by atoms with E-state index in [1.807, 2.05) is 0 Å². The van der Waals surface area contributed by atoms with Crippen molar-refractivity contribution in [2.45, 2.75) is 19.8 Å². The van der Waals surface area contributed by atoms with E-state index < -0.39 is 5.91 Å². The number of benzene rings is 1. The number of esters is 1. The Labute approximate surface area is 117 Å². The van der Waals surface area contributed by atoms with Gasteiger partial charge in [-0.15, -0.1) is 0 Å². The van der Waals surface area contributed by atoms with Crippen LogP contribution in [-0.2, 0) is 9.53 Å². The number of carbonyl (C=O) groups excluding carboxylic acids is 2. The molecule has 0 fully saturated rings. The molecule has 1 aromatic rings. The first-order valence-electron chi connectivity index (χ1n) is 6.03. The van der Waals surface area contributed by atoms with Crippen molar-refractivity contribution in [3.05, 3.63) is 28.8 Å². The van der Waals surface area contributed by atoms with E-state index in [1.54, 1.807) is 25.1 Å². The van der Waals surface area contributed by atoms with Crippen molar-refractivity contribution in [2.75, 3.05) is 18.5 Å². The van der Waals surface area contributed by atoms with Crippen LogP contribution >= 0.6 is 11.6 Å². The molecule has 0 unspecified atom stereocenters. The zero-order valence-electron chi connectivity index (χ0n) is 10.7. The van der Waals surface area contributed by atoms with Crippen molar-refractivity contribution in [3.63, 3.8) is 0 Å². The van der Waals surface area contributed by atoms with Gasteiger partial charge in [0.15, 0.2) is 0 Å². The Hall–Kier alpha value is -1.75. The summed E-state index contributed by atoms with van der Waals surface area (Å²) in [5.41, 5.74) is 6.21. The number of rotatable bonds is 7. The number of nitrogens with two attached hydrogens (primary N) is 1. The summed E-state index contributed by atoms with van der Waals surface area (Å²) < 4.78 is 4.81. The number of hydrogen-bond acceptors (Lipinski definition) is 4. The fourth-order valence-electron chi connectivity index (χ4n) is 1.57. The van der Waals surface area contributed by atoms with Crippen LogP contribution in [0.1, 0.15) is 30.1 Å². The Bertz CT molecular complexity index is 463. The van der Waals surface area contributed by atoms with Gasteiger partial charge in [-0.25, -0.2) is 0 Å². The molecular formula is C13H17ClN2O3. The van der Waals surface area contributed by atoms with Crippen LogP contribution in [0.3, 0.4) is 0 Å². The van der Waals surface area contributed by atoms with E-state index in [-0.39, 0.29) is 5.97 Å². The van der Waals surface area contributed by atoms with Crippen molar-refractivity contribution in [1.82, 2.24) is 0 Å². The quantitative estimate of drug-likeness (QED) is 0.594. The lowest BCUT2D eigenvalue weighted by Gasteiger charge is -2.10. The summed E-state index contributed by atoms with van der Waals surface area (Å²) in [4.78, 5) is 22.4. The molecule has 104 valence electrons. The Morgan fingerprint density at radius 2 is 2.16 bits per heavy atom. The maximum absolute atomic E-state index is 11.2. The summed E-state index contributed by atoms with van der Waals surface area (Å²) in [6.07, 6.45) is 0.927. The molecule has 0 radical (unpaired) electrons. The van der Waals surface area contributed by atoms with Crippen LogP contribution in [0.25, 0.3) is 0 Å². The van der Waals surface area contributed by atoms with Crippen molar-refractivity contribution in [2.24, 2.45) is 5.73 Å². The molecule has 3 N–H and O–H groups in total. The first kappa shape index (κ1) is 15.3. The number of hydrogen-bond donors (Lipinski definition) is 2. The minimum absolute atomic E-state index is 0.231. The third-order valence-corrected chi connectivity index (χ3v) is 2.66. The van der Waals surface area contributed by atoms with E-state index in [0.29, 0.717) is 42.3 Å². The Kier molecular flexibility index (Phi) is 6.15. The highest BCUT2D eigenvalue weighted by molar-refractivity contribution is 6.31. The third-order valence-electron chi connectivity index (χ3n) is 2.43. The van der Waals surface area contributed by atoms with E-state index in [2.05, 4.69) is 5.32 Å². The lowest BCUT2D eigenvalue weighted by atomic mass is 10.1. The average molecular weight is 285 g/mol. The number of nitrogens with one attached hydrogen (secondary N) is 1. The first-order chi connectivity index (χ1) is 9.04. The van der Waals surface area contributed by atoms with E-state index >= 15 is 0 Å². The summed E-state index contributed by atoms with van der Waals surface area (Å²) in [5, 5.41) is 3.55. The van der Waals surface area contributed by atoms with Crippen molar-refractivity contribution < 1.29 is 14.3 Å². The third kappa shape index (κ3) is 5.18. The minimum Gasteiger partial charge on any atom is -0.466 e. The standard InChI is InChI=1S/C13H17ClN2O3/c1-2-19-12(17)4-3-7-16-11-8-9(14)5-6-10(11)13(15)18/h5-6,8,16H,2-4,7H2,1H3,(H2,15,18). The molecule has 1 amide bonds. The predicted octanol–water partition coefficient (Wildman–Crippen LogP) is 2.19. The molecule has 5 nitrogen and oxygen atoms in total. The molecule has 19 heavy (non-hydrogen) atoms. The van der Waals surface area contributed by atoms with E-state index in [0.717, 1.165) is 0 Å². The van der Waals surface area contributed by atoms with Crippen LogP contribution in [0.15, 0.2) is 18.2 Å². The molecule has 0 aliphatic rings. The summed E-state index contributed by atoms with van der Waals surface area (Å²) in [6, 6.07) is 4.80. The lowest BCUT2D eigenvalue weighted by molar-refractivity contribution is -0.143. The molecule has 6 heteroatoms. The van der Waals surface area contributed by atoms with Gasteiger partial charge in [-0.05, 0) is 31.5 Å². The number of halogens is 1. The summed E-state index contributed by atoms with van der Waals surface area (Å²) in [6.45, 7) is 2.67. The monoisotopic (exact) mass is 284 g/mol. The van der Waals surface area contributed by atoms with Crippen LogP contribution in [0.5, 0.6) is 0 Å². The van der Waals surface area contributed by atoms with Crippen molar-refractivity contribution >= 4 is 29.2 Å². The van der Waals surface area contributed by atoms with Crippen LogP contribution in [0, 0.1) is 0 Å². The zero-order valence-corrected chi connectivity index (χ0v) is 11.5. The highest BCUT2D eigenvalue weighted by Gasteiger charge is 2.08. The number of ether oxygens (including phenoxy) is 1. The molecule has 1 rings (SSSR count). The Morgan fingerprint density at radius 1 is 1.42 bits per heavy atom. The van der Waals surface area contributed by atoms with Crippen molar-refractivity contribution in [3.8, 4) is 0 Å². The molecule has 0 aliphatic carbocycles. The first-order valence-corrected chi connectivity index (χ1v) is 6.41. The summed E-state index contributed by atoms with van der Waals surface area (Å²) in [7, 11) is 0. The second-order valence-electron chi connectivity index (χ2n) is 3.89. The van der Waals surface area contributed by atoms with Gasteiger partial charge in [0.05, 0.1) is 12.2 Å². The Morgan fingerprint density at radius 3 is 2.79 bits per heavy atom. The largest absolute Gasteiger partial charge is 0.466 e. The molecular weight excluding hydrogens is 268 g/mol. The molecule has 0 bridgehead atoms. The number of anilines is 1. The van der Waals surface area contributed by atoms with Gasteiger partial charge in [-0.3, -0.25) is 9.59 Å². The molecule has 0 saturated heterocycles. The summed E-state index contributed by atoms with van der Waals surface area (Å²) >= 11 is 5.86. The fraction of sp³-hybridized carbons (Fsp3) is 0.385. The van der Waals surface area contributed by atoms with E-state index in [4.69, 9.17) is 22.1 Å². The maximum Gasteiger partial charge on any atom is 0.305 e. The number of carbonyl (C=O) groups is 2. The fourth-order valence-corrected chi connectivity index (χ4v) is 1.74. The summed E-state index contributed by atoms with van der Waals surface area (Å²) in [5.74, 6) is -0.755. The second-order valence-corrected chi connectivity index (χ2v) is 4.33. The van der Waals surface area contributed by atoms with Gasteiger partial charge in [0.25, 0.3) is 5.91 Å². The molecule has 0 aliphatic heterocycles. The minimum atomic E-state index is -0.524. The molecule has 1 aromatic carbocycles. The van der Waals surface area contributed by atoms with Gasteiger partial charge in [0.2, 0.25) is 0 Å². The lowest BCUT2D eigenvalue weighted by Crippen LogP contribution is -2.15. The molecule has 0 atom stereocenters. The highest BCUT2D eigenvalue weighted by Crippen LogP contribution is 2.20. The van der Waals surface area contributed by atoms with Crippen molar-refractivity contribution in [1.29, 1.82) is 0 Å². The second kappa shape index (κ2) is 7.63. The normalized spacial score (nSPS) is 10.0. The Balaban J connectivity index is 2.51. The van der Waals surface area contributed by atoms with Gasteiger partial charge in [0, 0.05) is 23.7 Å². The molecule has 0 heterocycles. The molecule has 0 spiro atoms. The molecule has 0 saturated carbocycles. The van der Waals surface area contributed by atoms with Gasteiger partial charge in [-0.1, -0.05) is 11.6 Å². The van der Waals surface area contributed by atoms with Gasteiger partial charge in [-0.2, -0.15) is 0 Å². The smallest absolute Gasteiger partial charge is 0.305 e. The van der Waals surface area contributed by atoms with Crippen LogP contribution < -0.4 is 11.1 Å². The van der Waals surface area contributed by atoms with Gasteiger partial charge >= 0.3 is 5.97 Å². The maximum atomic E-state index is 11.2. The molecule has 0 aromatic heterocycles. The highest BCUT2D eigenvalue weighted by atomic mass is 35.5. The van der Waals surface area contributed by atoms with E-state index in [9.17, 15) is 9.59 Å².